The van der Waals surface area contributed by atoms with Gasteiger partial charge in [-0.05, 0) is 12.5 Å². The first kappa shape index (κ1) is 17.6. The largest absolute Gasteiger partial charge is 0.473 e. The monoisotopic (exact) mass is 378 g/mol. The van der Waals surface area contributed by atoms with Gasteiger partial charge in [0.05, 0.1) is 12.8 Å². The molecule has 0 spiro atoms. The molecule has 3 heterocycles. The van der Waals surface area contributed by atoms with Crippen LogP contribution in [0.4, 0.5) is 13.2 Å². The van der Waals surface area contributed by atoms with Crippen molar-refractivity contribution in [2.24, 2.45) is 0 Å². The topological polar surface area (TPSA) is 98.4 Å². The Labute approximate surface area is 140 Å². The molecule has 0 saturated carbocycles. The van der Waals surface area contributed by atoms with E-state index in [9.17, 15) is 21.6 Å². The molecule has 0 bridgehead atoms. The Balaban J connectivity index is 1.66. The van der Waals surface area contributed by atoms with Crippen molar-refractivity contribution in [1.29, 1.82) is 0 Å². The molecule has 136 valence electrons. The van der Waals surface area contributed by atoms with Crippen molar-refractivity contribution in [3.8, 4) is 17.3 Å². The average Bonchev–Trinajstić information content (AvgIpc) is 3.15. The summed E-state index contributed by atoms with van der Waals surface area (Å²) in [5, 5.41) is 3.26. The number of hydrogen-bond acceptors (Lipinski definition) is 7. The first-order chi connectivity index (χ1) is 11.6. The molecule has 1 atom stereocenters. The number of hydrogen-bond donors (Lipinski definition) is 0. The van der Waals surface area contributed by atoms with E-state index < -0.39 is 22.1 Å². The van der Waals surface area contributed by atoms with Crippen molar-refractivity contribution in [1.82, 2.24) is 19.4 Å². The highest BCUT2D eigenvalue weighted by Gasteiger charge is 2.38. The fourth-order valence-corrected chi connectivity index (χ4v) is 3.18. The van der Waals surface area contributed by atoms with Crippen molar-refractivity contribution >= 4 is 10.0 Å². The van der Waals surface area contributed by atoms with Crippen molar-refractivity contribution in [3.63, 3.8) is 0 Å². The normalized spacial score (nSPS) is 19.3. The molecule has 1 aliphatic heterocycles. The summed E-state index contributed by atoms with van der Waals surface area (Å²) in [6.07, 6.45) is -2.15. The molecule has 3 rings (SSSR count). The summed E-state index contributed by atoms with van der Waals surface area (Å²) in [5.41, 5.74) is 0.232. The zero-order valence-corrected chi connectivity index (χ0v) is 13.7. The first-order valence-corrected chi connectivity index (χ1v) is 8.97. The van der Waals surface area contributed by atoms with Gasteiger partial charge in [0.1, 0.15) is 6.10 Å². The highest BCUT2D eigenvalue weighted by atomic mass is 32.2. The fourth-order valence-electron chi connectivity index (χ4n) is 2.30. The van der Waals surface area contributed by atoms with Crippen LogP contribution in [0.3, 0.4) is 0 Å². The Hall–Kier alpha value is -2.21. The molecule has 1 fully saturated rings. The van der Waals surface area contributed by atoms with Crippen molar-refractivity contribution in [2.45, 2.75) is 18.7 Å². The number of pyridine rings is 1. The first-order valence-electron chi connectivity index (χ1n) is 7.12. The van der Waals surface area contributed by atoms with Crippen LogP contribution in [0.1, 0.15) is 12.3 Å². The summed E-state index contributed by atoms with van der Waals surface area (Å²) in [4.78, 5) is 7.25. The second-order valence-corrected chi connectivity index (χ2v) is 7.44. The van der Waals surface area contributed by atoms with Crippen LogP contribution in [0.2, 0.25) is 0 Å². The molecule has 0 aromatic carbocycles. The molecule has 0 N–H and O–H groups in total. The predicted molar refractivity (Wildman–Crippen MR) is 78.0 cm³/mol. The Kier molecular flexibility index (Phi) is 4.41. The summed E-state index contributed by atoms with van der Waals surface area (Å²) in [5.74, 6) is -1.45. The number of rotatable bonds is 4. The lowest BCUT2D eigenvalue weighted by molar-refractivity contribution is -0.159. The third-order valence-corrected chi connectivity index (χ3v) is 4.80. The Morgan fingerprint density at radius 1 is 1.36 bits per heavy atom. The average molecular weight is 378 g/mol. The second kappa shape index (κ2) is 6.26. The van der Waals surface area contributed by atoms with Crippen LogP contribution in [0.5, 0.6) is 5.88 Å². The molecule has 1 saturated heterocycles. The van der Waals surface area contributed by atoms with Gasteiger partial charge in [0, 0.05) is 24.4 Å². The van der Waals surface area contributed by atoms with Gasteiger partial charge in [0.2, 0.25) is 21.7 Å². The molecule has 0 unspecified atom stereocenters. The highest BCUT2D eigenvalue weighted by Crippen LogP contribution is 2.29. The third kappa shape index (κ3) is 4.07. The molecule has 8 nitrogen and oxygen atoms in total. The van der Waals surface area contributed by atoms with Gasteiger partial charge >= 0.3 is 12.1 Å². The number of alkyl halides is 3. The number of halogens is 3. The van der Waals surface area contributed by atoms with Gasteiger partial charge in [-0.2, -0.15) is 22.5 Å². The van der Waals surface area contributed by atoms with Gasteiger partial charge in [0.25, 0.3) is 0 Å². The minimum Gasteiger partial charge on any atom is -0.473 e. The van der Waals surface area contributed by atoms with E-state index in [1.807, 2.05) is 0 Å². The Bertz CT molecular complexity index is 851. The molecule has 12 heteroatoms. The minimum atomic E-state index is -4.71. The lowest BCUT2D eigenvalue weighted by atomic mass is 10.2. The maximum Gasteiger partial charge on any atom is 0.471 e. The van der Waals surface area contributed by atoms with Gasteiger partial charge in [0.15, 0.2) is 0 Å². The van der Waals surface area contributed by atoms with Crippen molar-refractivity contribution in [2.75, 3.05) is 19.3 Å². The van der Waals surface area contributed by atoms with Gasteiger partial charge in [-0.15, -0.1) is 0 Å². The SMILES string of the molecule is CS(=O)(=O)N1CC[C@@H](Oc2ccc(-c3noc(C(F)(F)F)n3)cn2)C1. The smallest absolute Gasteiger partial charge is 0.471 e. The van der Waals surface area contributed by atoms with E-state index in [-0.39, 0.29) is 29.9 Å². The number of ether oxygens (including phenoxy) is 1. The van der Waals surface area contributed by atoms with Gasteiger partial charge in [-0.1, -0.05) is 5.16 Å². The maximum atomic E-state index is 12.4. The third-order valence-electron chi connectivity index (χ3n) is 3.53. The van der Waals surface area contributed by atoms with Crippen LogP contribution in [0.25, 0.3) is 11.4 Å². The standard InChI is InChI=1S/C13H13F3N4O4S/c1-25(21,22)20-5-4-9(7-20)23-10-3-2-8(6-17-10)11-18-12(24-19-11)13(14,15)16/h2-3,6,9H,4-5,7H2,1H3/t9-/m1/s1. The van der Waals surface area contributed by atoms with Crippen LogP contribution in [-0.2, 0) is 16.2 Å². The number of sulfonamides is 1. The van der Waals surface area contributed by atoms with Crippen LogP contribution in [-0.4, -0.2) is 53.3 Å². The zero-order chi connectivity index (χ0) is 18.2. The molecule has 2 aromatic heterocycles. The zero-order valence-electron chi connectivity index (χ0n) is 12.9. The van der Waals surface area contributed by atoms with E-state index in [4.69, 9.17) is 4.74 Å². The second-order valence-electron chi connectivity index (χ2n) is 5.46. The maximum absolute atomic E-state index is 12.4. The predicted octanol–water partition coefficient (Wildman–Crippen LogP) is 1.56. The van der Waals surface area contributed by atoms with E-state index in [1.54, 1.807) is 0 Å². The number of aromatic nitrogens is 3. The lowest BCUT2D eigenvalue weighted by Crippen LogP contribution is -2.30. The molecule has 2 aromatic rings. The number of nitrogens with zero attached hydrogens (tertiary/aromatic N) is 4. The summed E-state index contributed by atoms with van der Waals surface area (Å²) in [7, 11) is -3.27. The molecule has 0 amide bonds. The quantitative estimate of drug-likeness (QED) is 0.796. The summed E-state index contributed by atoms with van der Waals surface area (Å²) >= 11 is 0. The van der Waals surface area contributed by atoms with E-state index in [0.717, 1.165) is 6.26 Å². The van der Waals surface area contributed by atoms with E-state index in [2.05, 4.69) is 19.6 Å². The molecule has 25 heavy (non-hydrogen) atoms. The van der Waals surface area contributed by atoms with Crippen LogP contribution >= 0.6 is 0 Å². The molecule has 0 radical (unpaired) electrons. The Morgan fingerprint density at radius 2 is 2.12 bits per heavy atom. The van der Waals surface area contributed by atoms with Crippen molar-refractivity contribution in [3.05, 3.63) is 24.2 Å². The van der Waals surface area contributed by atoms with Crippen LogP contribution in [0, 0.1) is 0 Å². The van der Waals surface area contributed by atoms with Crippen molar-refractivity contribution < 1.29 is 30.8 Å². The van der Waals surface area contributed by atoms with E-state index >= 15 is 0 Å². The summed E-state index contributed by atoms with van der Waals surface area (Å²) in [6, 6.07) is 2.89. The molecular weight excluding hydrogens is 365 g/mol. The van der Waals surface area contributed by atoms with E-state index in [0.29, 0.717) is 13.0 Å². The van der Waals surface area contributed by atoms with Crippen LogP contribution < -0.4 is 4.74 Å². The lowest BCUT2D eigenvalue weighted by Gasteiger charge is -2.14. The fraction of sp³-hybridized carbons (Fsp3) is 0.462. The summed E-state index contributed by atoms with van der Waals surface area (Å²) in [6.45, 7) is 0.590. The van der Waals surface area contributed by atoms with Crippen LogP contribution in [0.15, 0.2) is 22.9 Å². The Morgan fingerprint density at radius 3 is 2.64 bits per heavy atom. The van der Waals surface area contributed by atoms with Gasteiger partial charge in [-0.3, -0.25) is 0 Å². The van der Waals surface area contributed by atoms with Gasteiger partial charge < -0.3 is 9.26 Å². The van der Waals surface area contributed by atoms with Gasteiger partial charge in [-0.25, -0.2) is 13.4 Å². The summed E-state index contributed by atoms with van der Waals surface area (Å²) < 4.78 is 71.3. The molecular formula is C13H13F3N4O4S. The molecule has 0 aliphatic carbocycles. The highest BCUT2D eigenvalue weighted by molar-refractivity contribution is 7.88. The van der Waals surface area contributed by atoms with E-state index in [1.165, 1.54) is 22.6 Å². The minimum absolute atomic E-state index is 0.224. The molecule has 1 aliphatic rings.